The first kappa shape index (κ1) is 13.7. The first-order valence-electron chi connectivity index (χ1n) is 6.63. The maximum absolute atomic E-state index is 12.2. The third-order valence-corrected chi connectivity index (χ3v) is 3.20. The molecule has 1 fully saturated rings. The van der Waals surface area contributed by atoms with Gasteiger partial charge >= 0.3 is 0 Å². The minimum Gasteiger partial charge on any atom is -0.348 e. The number of nitrogens with one attached hydrogen (secondary N) is 5. The highest BCUT2D eigenvalue weighted by atomic mass is 16.2. The lowest BCUT2D eigenvalue weighted by Gasteiger charge is -2.10. The van der Waals surface area contributed by atoms with Crippen LogP contribution in [0.1, 0.15) is 10.5 Å². The molecule has 0 radical (unpaired) electrons. The molecule has 1 amide bonds. The summed E-state index contributed by atoms with van der Waals surface area (Å²) in [6.45, 7) is 0.435. The number of carbonyl (C=O) groups is 1. The molecule has 2 heterocycles. The zero-order chi connectivity index (χ0) is 14.7. The molecule has 0 atom stereocenters. The first-order valence-corrected chi connectivity index (χ1v) is 6.63. The minimum absolute atomic E-state index is 0.0734. The SMILES string of the molecule is Cn1nc(-c2ccccc2)cc1C(=O)NCC1NNNN1. The fraction of sp³-hybridized carbons (Fsp3) is 0.231. The number of hydrazine groups is 3. The molecular formula is C13H17N7O. The lowest BCUT2D eigenvalue weighted by atomic mass is 10.1. The van der Waals surface area contributed by atoms with Gasteiger partial charge < -0.3 is 5.32 Å². The molecule has 110 valence electrons. The van der Waals surface area contributed by atoms with Crippen LogP contribution in [0.3, 0.4) is 0 Å². The van der Waals surface area contributed by atoms with Crippen LogP contribution in [0.2, 0.25) is 0 Å². The van der Waals surface area contributed by atoms with Crippen LogP contribution in [0.15, 0.2) is 36.4 Å². The third kappa shape index (κ3) is 3.09. The summed E-state index contributed by atoms with van der Waals surface area (Å²) in [6, 6.07) is 11.6. The predicted octanol–water partition coefficient (Wildman–Crippen LogP) is -0.740. The number of aryl methyl sites for hydroxylation is 1. The second kappa shape index (κ2) is 6.02. The normalized spacial score (nSPS) is 15.3. The lowest BCUT2D eigenvalue weighted by molar-refractivity contribution is 0.0939. The van der Waals surface area contributed by atoms with Gasteiger partial charge in [-0.05, 0) is 6.07 Å². The van der Waals surface area contributed by atoms with E-state index in [2.05, 4.69) is 32.3 Å². The molecule has 0 saturated carbocycles. The van der Waals surface area contributed by atoms with Crippen molar-refractivity contribution in [3.8, 4) is 11.3 Å². The van der Waals surface area contributed by atoms with Gasteiger partial charge in [0, 0.05) is 19.2 Å². The summed E-state index contributed by atoms with van der Waals surface area (Å²) in [5, 5.41) is 7.22. The Kier molecular flexibility index (Phi) is 3.93. The molecule has 3 rings (SSSR count). The van der Waals surface area contributed by atoms with E-state index < -0.39 is 0 Å². The number of nitrogens with zero attached hydrogens (tertiary/aromatic N) is 2. The first-order chi connectivity index (χ1) is 10.2. The highest BCUT2D eigenvalue weighted by molar-refractivity contribution is 5.93. The number of carbonyl (C=O) groups excluding carboxylic acids is 1. The number of benzene rings is 1. The Morgan fingerprint density at radius 1 is 1.29 bits per heavy atom. The summed E-state index contributed by atoms with van der Waals surface area (Å²) in [4.78, 5) is 12.2. The van der Waals surface area contributed by atoms with Crippen LogP contribution in [-0.2, 0) is 7.05 Å². The van der Waals surface area contributed by atoms with E-state index in [9.17, 15) is 4.79 Å². The molecule has 21 heavy (non-hydrogen) atoms. The Morgan fingerprint density at radius 2 is 2.00 bits per heavy atom. The van der Waals surface area contributed by atoms with Crippen molar-refractivity contribution in [3.63, 3.8) is 0 Å². The smallest absolute Gasteiger partial charge is 0.269 e. The highest BCUT2D eigenvalue weighted by Gasteiger charge is 2.17. The van der Waals surface area contributed by atoms with Gasteiger partial charge in [0.1, 0.15) is 11.9 Å². The molecule has 1 aromatic heterocycles. The summed E-state index contributed by atoms with van der Waals surface area (Å²) < 4.78 is 1.59. The predicted molar refractivity (Wildman–Crippen MR) is 77.3 cm³/mol. The summed E-state index contributed by atoms with van der Waals surface area (Å²) >= 11 is 0. The topological polar surface area (TPSA) is 95.0 Å². The molecule has 2 aromatic rings. The molecule has 1 aromatic carbocycles. The van der Waals surface area contributed by atoms with Gasteiger partial charge in [0.15, 0.2) is 0 Å². The second-order valence-electron chi connectivity index (χ2n) is 4.71. The van der Waals surface area contributed by atoms with Crippen molar-refractivity contribution in [3.05, 3.63) is 42.1 Å². The van der Waals surface area contributed by atoms with Crippen molar-refractivity contribution in [2.75, 3.05) is 6.54 Å². The lowest BCUT2D eigenvalue weighted by Crippen LogP contribution is -2.45. The number of hydrogen-bond donors (Lipinski definition) is 5. The van der Waals surface area contributed by atoms with Crippen LogP contribution in [0.25, 0.3) is 11.3 Å². The van der Waals surface area contributed by atoms with Crippen LogP contribution in [0.5, 0.6) is 0 Å². The standard InChI is InChI=1S/C13H17N7O/c1-20-11(13(21)14-8-12-15-18-19-16-12)7-10(17-20)9-5-3-2-4-6-9/h2-7,12,15-16,18-19H,8H2,1H3,(H,14,21). The maximum atomic E-state index is 12.2. The number of hydrogen-bond acceptors (Lipinski definition) is 6. The van der Waals surface area contributed by atoms with Crippen molar-refractivity contribution in [2.45, 2.75) is 6.17 Å². The van der Waals surface area contributed by atoms with E-state index in [4.69, 9.17) is 0 Å². The van der Waals surface area contributed by atoms with E-state index in [1.54, 1.807) is 17.8 Å². The average Bonchev–Trinajstić information content (AvgIpc) is 3.15. The van der Waals surface area contributed by atoms with Crippen LogP contribution >= 0.6 is 0 Å². The average molecular weight is 287 g/mol. The van der Waals surface area contributed by atoms with Gasteiger partial charge in [-0.1, -0.05) is 30.3 Å². The summed E-state index contributed by atoms with van der Waals surface area (Å²) in [5.41, 5.74) is 13.5. The van der Waals surface area contributed by atoms with Crippen molar-refractivity contribution < 1.29 is 4.79 Å². The Bertz CT molecular complexity index is 619. The summed E-state index contributed by atoms with van der Waals surface area (Å²) in [6.07, 6.45) is -0.0734. The van der Waals surface area contributed by atoms with Gasteiger partial charge in [0.25, 0.3) is 5.91 Å². The van der Waals surface area contributed by atoms with Crippen molar-refractivity contribution >= 4 is 5.91 Å². The van der Waals surface area contributed by atoms with E-state index in [0.717, 1.165) is 11.3 Å². The Balaban J connectivity index is 1.70. The molecule has 0 aliphatic carbocycles. The van der Waals surface area contributed by atoms with Crippen molar-refractivity contribution in [1.82, 2.24) is 37.0 Å². The monoisotopic (exact) mass is 287 g/mol. The zero-order valence-electron chi connectivity index (χ0n) is 11.6. The highest BCUT2D eigenvalue weighted by Crippen LogP contribution is 2.18. The zero-order valence-corrected chi connectivity index (χ0v) is 11.6. The van der Waals surface area contributed by atoms with E-state index in [-0.39, 0.29) is 12.1 Å². The van der Waals surface area contributed by atoms with E-state index in [1.165, 1.54) is 0 Å². The molecular weight excluding hydrogens is 270 g/mol. The third-order valence-electron chi connectivity index (χ3n) is 3.20. The van der Waals surface area contributed by atoms with Gasteiger partial charge in [-0.2, -0.15) is 16.2 Å². The van der Waals surface area contributed by atoms with Crippen molar-refractivity contribution in [1.29, 1.82) is 0 Å². The van der Waals surface area contributed by atoms with Gasteiger partial charge in [0.2, 0.25) is 0 Å². The quantitative estimate of drug-likeness (QED) is 0.508. The molecule has 0 bridgehead atoms. The van der Waals surface area contributed by atoms with Crippen LogP contribution in [-0.4, -0.2) is 28.4 Å². The van der Waals surface area contributed by atoms with Gasteiger partial charge in [-0.3, -0.25) is 9.48 Å². The Hall–Kier alpha value is -2.26. The summed E-state index contributed by atoms with van der Waals surface area (Å²) in [5.74, 6) is -0.164. The largest absolute Gasteiger partial charge is 0.348 e. The number of amides is 1. The van der Waals surface area contributed by atoms with Gasteiger partial charge in [-0.15, -0.1) is 0 Å². The van der Waals surface area contributed by atoms with Crippen LogP contribution < -0.4 is 27.2 Å². The minimum atomic E-state index is -0.164. The van der Waals surface area contributed by atoms with Crippen LogP contribution in [0.4, 0.5) is 0 Å². The molecule has 1 aliphatic heterocycles. The number of aromatic nitrogens is 2. The molecule has 1 aliphatic rings. The van der Waals surface area contributed by atoms with Crippen molar-refractivity contribution in [2.24, 2.45) is 7.05 Å². The van der Waals surface area contributed by atoms with Gasteiger partial charge in [-0.25, -0.2) is 10.9 Å². The van der Waals surface area contributed by atoms with Gasteiger partial charge in [0.05, 0.1) is 5.69 Å². The van der Waals surface area contributed by atoms with E-state index in [1.807, 2.05) is 30.3 Å². The fourth-order valence-corrected chi connectivity index (χ4v) is 2.10. The molecule has 0 spiro atoms. The fourth-order valence-electron chi connectivity index (χ4n) is 2.10. The molecule has 0 unspecified atom stereocenters. The van der Waals surface area contributed by atoms with E-state index in [0.29, 0.717) is 12.2 Å². The second-order valence-corrected chi connectivity index (χ2v) is 4.71. The molecule has 1 saturated heterocycles. The molecule has 8 heteroatoms. The Morgan fingerprint density at radius 3 is 2.71 bits per heavy atom. The summed E-state index contributed by atoms with van der Waals surface area (Å²) in [7, 11) is 1.76. The molecule has 5 N–H and O–H groups in total. The number of rotatable bonds is 4. The maximum Gasteiger partial charge on any atom is 0.269 e. The van der Waals surface area contributed by atoms with E-state index >= 15 is 0 Å². The Labute approximate surface area is 121 Å². The van der Waals surface area contributed by atoms with Crippen LogP contribution in [0, 0.1) is 0 Å². The molecule has 8 nitrogen and oxygen atoms in total.